The van der Waals surface area contributed by atoms with Gasteiger partial charge < -0.3 is 9.13 Å². The van der Waals surface area contributed by atoms with Gasteiger partial charge in [0.25, 0.3) is 0 Å². The SMILES string of the molecule is C/C=C\c1c(CC)n(-c2ccc(C3=C(C#N)C(C#N)=CCC3c3ccccc3-n3c4c(c5ccccc53)C=C(C#N)CC4)cc2)c2ccccc12. The zero-order valence-electron chi connectivity index (χ0n) is 28.7. The first-order valence-corrected chi connectivity index (χ1v) is 17.5. The van der Waals surface area contributed by atoms with Crippen LogP contribution >= 0.6 is 0 Å². The highest BCUT2D eigenvalue weighted by atomic mass is 15.0. The third-order valence-corrected chi connectivity index (χ3v) is 10.5. The monoisotopic (exact) mass is 657 g/mol. The van der Waals surface area contributed by atoms with Gasteiger partial charge in [0.2, 0.25) is 0 Å². The van der Waals surface area contributed by atoms with Crippen molar-refractivity contribution in [3.63, 3.8) is 0 Å². The largest absolute Gasteiger partial charge is 0.313 e. The van der Waals surface area contributed by atoms with Gasteiger partial charge in [0.15, 0.2) is 0 Å². The van der Waals surface area contributed by atoms with Gasteiger partial charge in [0, 0.05) is 56.2 Å². The summed E-state index contributed by atoms with van der Waals surface area (Å²) in [5.41, 5.74) is 13.7. The summed E-state index contributed by atoms with van der Waals surface area (Å²) in [5.74, 6) is -0.163. The van der Waals surface area contributed by atoms with Crippen molar-refractivity contribution in [1.82, 2.24) is 9.13 Å². The maximum Gasteiger partial charge on any atom is 0.101 e. The van der Waals surface area contributed by atoms with Crippen molar-refractivity contribution in [3.05, 3.63) is 160 Å². The number of nitrogens with zero attached hydrogens (tertiary/aromatic N) is 5. The summed E-state index contributed by atoms with van der Waals surface area (Å²) >= 11 is 0. The standard InChI is InChI=1S/C46H35N5/c1-3-11-34-35-12-5-8-15-42(35)50(41(34)4-2)33-22-19-31(20-23-33)46-38(24-21-32(28-48)40(46)29-49)36-13-6-9-16-43(36)51-44-17-10-7-14-37(44)39-26-30(27-47)18-25-45(39)51/h3,5-17,19-23,26,38H,4,18,24-25H2,1-2H3/b11-3-. The average Bonchev–Trinajstić information content (AvgIpc) is 3.69. The van der Waals surface area contributed by atoms with E-state index in [9.17, 15) is 15.8 Å². The quantitative estimate of drug-likeness (QED) is 0.179. The Balaban J connectivity index is 1.30. The number of allylic oxidation sites excluding steroid dienone is 6. The smallest absolute Gasteiger partial charge is 0.101 e. The van der Waals surface area contributed by atoms with E-state index in [2.05, 4.69) is 144 Å². The van der Waals surface area contributed by atoms with E-state index < -0.39 is 0 Å². The predicted molar refractivity (Wildman–Crippen MR) is 206 cm³/mol. The Morgan fingerprint density at radius 3 is 2.18 bits per heavy atom. The molecular formula is C46H35N5. The van der Waals surface area contributed by atoms with Crippen molar-refractivity contribution >= 4 is 39.5 Å². The van der Waals surface area contributed by atoms with Gasteiger partial charge in [-0.3, -0.25) is 0 Å². The minimum Gasteiger partial charge on any atom is -0.313 e. The Morgan fingerprint density at radius 1 is 0.765 bits per heavy atom. The number of aromatic nitrogens is 2. The van der Waals surface area contributed by atoms with E-state index in [0.29, 0.717) is 24.0 Å². The van der Waals surface area contributed by atoms with Gasteiger partial charge in [-0.25, -0.2) is 0 Å². The van der Waals surface area contributed by atoms with E-state index in [-0.39, 0.29) is 5.92 Å². The van der Waals surface area contributed by atoms with E-state index in [1.54, 1.807) is 0 Å². The molecule has 0 radical (unpaired) electrons. The number of para-hydroxylation sites is 3. The Hall–Kier alpha value is -6.61. The van der Waals surface area contributed by atoms with Crippen molar-refractivity contribution < 1.29 is 0 Å². The van der Waals surface area contributed by atoms with Crippen molar-refractivity contribution in [2.75, 3.05) is 0 Å². The van der Waals surface area contributed by atoms with Crippen LogP contribution in [0.15, 0.2) is 126 Å². The van der Waals surface area contributed by atoms with E-state index in [1.807, 2.05) is 18.2 Å². The van der Waals surface area contributed by atoms with Crippen molar-refractivity contribution in [1.29, 1.82) is 15.8 Å². The Labute approximate surface area is 298 Å². The van der Waals surface area contributed by atoms with Crippen LogP contribution in [0.25, 0.3) is 50.9 Å². The molecule has 0 spiro atoms. The maximum atomic E-state index is 10.6. The number of nitriles is 3. The molecule has 0 amide bonds. The van der Waals surface area contributed by atoms with E-state index >= 15 is 0 Å². The second-order valence-corrected chi connectivity index (χ2v) is 13.1. The highest BCUT2D eigenvalue weighted by Gasteiger charge is 2.31. The van der Waals surface area contributed by atoms with Crippen molar-refractivity contribution in [3.8, 4) is 29.6 Å². The molecule has 0 bridgehead atoms. The highest BCUT2D eigenvalue weighted by Crippen LogP contribution is 2.46. The molecule has 2 aromatic heterocycles. The molecule has 0 aliphatic heterocycles. The molecule has 244 valence electrons. The van der Waals surface area contributed by atoms with Gasteiger partial charge in [0.05, 0.1) is 28.2 Å². The summed E-state index contributed by atoms with van der Waals surface area (Å²) in [6.07, 6.45) is 11.2. The van der Waals surface area contributed by atoms with Crippen LogP contribution in [-0.2, 0) is 12.8 Å². The van der Waals surface area contributed by atoms with E-state index in [0.717, 1.165) is 68.5 Å². The Kier molecular flexibility index (Phi) is 8.08. The normalized spacial score (nSPS) is 15.7. The fourth-order valence-electron chi connectivity index (χ4n) is 8.30. The van der Waals surface area contributed by atoms with Crippen LogP contribution in [0.1, 0.15) is 66.2 Å². The number of hydrogen-bond donors (Lipinski definition) is 0. The molecule has 51 heavy (non-hydrogen) atoms. The lowest BCUT2D eigenvalue weighted by Crippen LogP contribution is -2.14. The molecule has 0 saturated heterocycles. The summed E-state index contributed by atoms with van der Waals surface area (Å²) in [6.45, 7) is 4.25. The zero-order chi connectivity index (χ0) is 35.1. The first kappa shape index (κ1) is 31.6. The number of hydrogen-bond acceptors (Lipinski definition) is 3. The minimum atomic E-state index is -0.163. The Morgan fingerprint density at radius 2 is 1.47 bits per heavy atom. The molecule has 0 fully saturated rings. The summed E-state index contributed by atoms with van der Waals surface area (Å²) in [7, 11) is 0. The molecule has 0 N–H and O–H groups in total. The second kappa shape index (κ2) is 13.0. The fraction of sp³-hybridized carbons (Fsp3) is 0.152. The lowest BCUT2D eigenvalue weighted by molar-refractivity contribution is 0.826. The van der Waals surface area contributed by atoms with Crippen molar-refractivity contribution in [2.45, 2.75) is 45.4 Å². The maximum absolute atomic E-state index is 10.6. The van der Waals surface area contributed by atoms with E-state index in [4.69, 9.17) is 0 Å². The first-order valence-electron chi connectivity index (χ1n) is 17.5. The Bertz CT molecular complexity index is 2630. The number of benzene rings is 4. The van der Waals surface area contributed by atoms with Gasteiger partial charge in [-0.2, -0.15) is 15.8 Å². The molecule has 4 aromatic carbocycles. The zero-order valence-corrected chi connectivity index (χ0v) is 28.7. The third-order valence-electron chi connectivity index (χ3n) is 10.5. The van der Waals surface area contributed by atoms with Crippen LogP contribution in [0.4, 0.5) is 0 Å². The fourth-order valence-corrected chi connectivity index (χ4v) is 8.30. The third kappa shape index (κ3) is 5.04. The predicted octanol–water partition coefficient (Wildman–Crippen LogP) is 10.9. The molecule has 2 aliphatic carbocycles. The summed E-state index contributed by atoms with van der Waals surface area (Å²) < 4.78 is 4.70. The minimum absolute atomic E-state index is 0.163. The van der Waals surface area contributed by atoms with Crippen LogP contribution < -0.4 is 0 Å². The topological polar surface area (TPSA) is 81.2 Å². The lowest BCUT2D eigenvalue weighted by Gasteiger charge is -2.28. The molecule has 6 aromatic rings. The molecule has 5 heteroatoms. The number of rotatable bonds is 6. The summed E-state index contributed by atoms with van der Waals surface area (Å²) in [4.78, 5) is 0. The summed E-state index contributed by atoms with van der Waals surface area (Å²) in [6, 6.07) is 41.0. The highest BCUT2D eigenvalue weighted by molar-refractivity contribution is 5.95. The van der Waals surface area contributed by atoms with Crippen molar-refractivity contribution in [2.24, 2.45) is 0 Å². The number of fused-ring (bicyclic) bond motifs is 4. The van der Waals surface area contributed by atoms with Crippen LogP contribution in [-0.4, -0.2) is 9.13 Å². The van der Waals surface area contributed by atoms with Crippen LogP contribution in [0.3, 0.4) is 0 Å². The van der Waals surface area contributed by atoms with Gasteiger partial charge in [-0.15, -0.1) is 0 Å². The second-order valence-electron chi connectivity index (χ2n) is 13.1. The molecule has 5 nitrogen and oxygen atoms in total. The lowest BCUT2D eigenvalue weighted by atomic mass is 9.76. The van der Waals surface area contributed by atoms with Crippen LogP contribution in [0.2, 0.25) is 0 Å². The molecule has 8 rings (SSSR count). The first-order chi connectivity index (χ1) is 25.1. The molecule has 0 saturated carbocycles. The van der Waals surface area contributed by atoms with Crippen LogP contribution in [0.5, 0.6) is 0 Å². The van der Waals surface area contributed by atoms with Gasteiger partial charge in [-0.05, 0) is 85.7 Å². The van der Waals surface area contributed by atoms with Crippen LogP contribution in [0, 0.1) is 34.0 Å². The average molecular weight is 658 g/mol. The van der Waals surface area contributed by atoms with E-state index in [1.165, 1.54) is 22.3 Å². The molecule has 1 unspecified atom stereocenters. The molecule has 2 aliphatic rings. The van der Waals surface area contributed by atoms with Gasteiger partial charge >= 0.3 is 0 Å². The molecule has 1 atom stereocenters. The van der Waals surface area contributed by atoms with Gasteiger partial charge in [0.1, 0.15) is 12.1 Å². The molecular weight excluding hydrogens is 623 g/mol. The van der Waals surface area contributed by atoms with Gasteiger partial charge in [-0.1, -0.05) is 91.9 Å². The molecule has 2 heterocycles. The summed E-state index contributed by atoms with van der Waals surface area (Å²) in [5, 5.41) is 32.9.